The van der Waals surface area contributed by atoms with E-state index in [9.17, 15) is 14.0 Å². The van der Waals surface area contributed by atoms with Crippen LogP contribution in [0, 0.1) is 12.7 Å². The maximum atomic E-state index is 13.4. The molecule has 0 saturated carbocycles. The fraction of sp³-hybridized carbons (Fsp3) is 0.250. The van der Waals surface area contributed by atoms with Crippen molar-refractivity contribution in [3.8, 4) is 0 Å². The third kappa shape index (κ3) is 5.76. The van der Waals surface area contributed by atoms with Crippen LogP contribution in [0.5, 0.6) is 0 Å². The zero-order valence-corrected chi connectivity index (χ0v) is 20.5. The Morgan fingerprint density at radius 3 is 2.71 bits per heavy atom. The van der Waals surface area contributed by atoms with Gasteiger partial charge in [-0.05, 0) is 42.3 Å². The first-order valence-corrected chi connectivity index (χ1v) is 12.0. The van der Waals surface area contributed by atoms with E-state index >= 15 is 0 Å². The molecule has 35 heavy (non-hydrogen) atoms. The molecular weight excluding hydrogens is 491 g/mol. The number of thioether (sulfide) groups is 1. The van der Waals surface area contributed by atoms with Crippen molar-refractivity contribution in [1.29, 1.82) is 0 Å². The Morgan fingerprint density at radius 1 is 1.20 bits per heavy atom. The molecule has 182 valence electrons. The van der Waals surface area contributed by atoms with Crippen LogP contribution in [0.3, 0.4) is 0 Å². The monoisotopic (exact) mass is 514 g/mol. The number of thiocarbonyl (C=S) groups is 1. The van der Waals surface area contributed by atoms with Crippen molar-refractivity contribution in [2.24, 2.45) is 0 Å². The molecule has 0 spiro atoms. The topological polar surface area (TPSA) is 96.2 Å². The first kappa shape index (κ1) is 25.0. The number of aliphatic hydroxyl groups is 1. The number of nitrogens with zero attached hydrogens (tertiary/aromatic N) is 3. The fourth-order valence-electron chi connectivity index (χ4n) is 3.47. The summed E-state index contributed by atoms with van der Waals surface area (Å²) in [7, 11) is 0. The summed E-state index contributed by atoms with van der Waals surface area (Å²) in [4.78, 5) is 32.8. The van der Waals surface area contributed by atoms with Gasteiger partial charge in [0.05, 0.1) is 36.8 Å². The van der Waals surface area contributed by atoms with Crippen LogP contribution in [0.2, 0.25) is 0 Å². The number of ether oxygens (including phenoxy) is 1. The van der Waals surface area contributed by atoms with Crippen molar-refractivity contribution < 1.29 is 19.0 Å². The smallest absolute Gasteiger partial charge is 0.267 e. The maximum absolute atomic E-state index is 13.4. The molecule has 1 aliphatic heterocycles. The molecule has 1 amide bonds. The Balaban J connectivity index is 1.67. The standard InChI is InChI=1S/C24H23FN4O4S2/c1-15-2-7-20-27-21(26-8-10-33-11-9-30)18(22(31)28(20)13-15)12-19-23(32)29(24(34)35-19)14-16-3-5-17(25)6-4-16/h2-7,12-13,26,30H,8-11,14H2,1H3/b19-12+. The summed E-state index contributed by atoms with van der Waals surface area (Å²) in [5.41, 5.74) is 1.97. The van der Waals surface area contributed by atoms with Crippen LogP contribution in [0.25, 0.3) is 11.7 Å². The first-order chi connectivity index (χ1) is 16.9. The van der Waals surface area contributed by atoms with E-state index in [4.69, 9.17) is 22.1 Å². The van der Waals surface area contributed by atoms with Gasteiger partial charge < -0.3 is 15.2 Å². The molecule has 11 heteroatoms. The van der Waals surface area contributed by atoms with Gasteiger partial charge in [0.2, 0.25) is 0 Å². The second kappa shape index (κ2) is 11.1. The number of pyridine rings is 1. The summed E-state index contributed by atoms with van der Waals surface area (Å²) < 4.78 is 20.3. The van der Waals surface area contributed by atoms with Crippen molar-refractivity contribution in [3.05, 3.63) is 80.4 Å². The summed E-state index contributed by atoms with van der Waals surface area (Å²) in [6.07, 6.45) is 3.20. The number of amides is 1. The van der Waals surface area contributed by atoms with E-state index in [-0.39, 0.29) is 42.6 Å². The van der Waals surface area contributed by atoms with E-state index in [1.165, 1.54) is 27.5 Å². The average molecular weight is 515 g/mol. The summed E-state index contributed by atoms with van der Waals surface area (Å²) in [6, 6.07) is 9.45. The average Bonchev–Trinajstić information content (AvgIpc) is 3.10. The number of carbonyl (C=O) groups is 1. The number of aryl methyl sites for hydroxylation is 1. The SMILES string of the molecule is Cc1ccc2nc(NCCOCCO)c(/C=C3/SC(=S)N(Cc4ccc(F)cc4)C3=O)c(=O)n2c1. The molecule has 3 heterocycles. The molecule has 2 aromatic heterocycles. The molecule has 0 atom stereocenters. The number of hydrogen-bond acceptors (Lipinski definition) is 8. The molecule has 0 aliphatic carbocycles. The van der Waals surface area contributed by atoms with Crippen LogP contribution < -0.4 is 10.9 Å². The molecule has 4 rings (SSSR count). The number of benzene rings is 1. The molecule has 1 saturated heterocycles. The second-order valence-corrected chi connectivity index (χ2v) is 9.45. The highest BCUT2D eigenvalue weighted by atomic mass is 32.2. The van der Waals surface area contributed by atoms with Crippen LogP contribution in [0.15, 0.2) is 52.3 Å². The minimum absolute atomic E-state index is 0.0834. The highest BCUT2D eigenvalue weighted by Gasteiger charge is 2.32. The third-order valence-corrected chi connectivity index (χ3v) is 6.56. The predicted octanol–water partition coefficient (Wildman–Crippen LogP) is 2.96. The molecule has 0 radical (unpaired) electrons. The number of hydrogen-bond donors (Lipinski definition) is 2. The van der Waals surface area contributed by atoms with Crippen LogP contribution >= 0.6 is 24.0 Å². The highest BCUT2D eigenvalue weighted by molar-refractivity contribution is 8.26. The highest BCUT2D eigenvalue weighted by Crippen LogP contribution is 2.34. The van der Waals surface area contributed by atoms with E-state index in [1.807, 2.05) is 13.0 Å². The van der Waals surface area contributed by atoms with Gasteiger partial charge in [-0.15, -0.1) is 0 Å². The summed E-state index contributed by atoms with van der Waals surface area (Å²) in [6.45, 7) is 2.84. The number of rotatable bonds is 9. The molecule has 1 aromatic carbocycles. The number of halogens is 1. The zero-order chi connectivity index (χ0) is 24.9. The molecule has 1 fully saturated rings. The summed E-state index contributed by atoms with van der Waals surface area (Å²) in [5.74, 6) is -0.383. The number of carbonyl (C=O) groups excluding carboxylic acids is 1. The normalized spacial score (nSPS) is 14.9. The van der Waals surface area contributed by atoms with E-state index in [0.29, 0.717) is 33.8 Å². The number of anilines is 1. The Bertz CT molecular complexity index is 1360. The van der Waals surface area contributed by atoms with Gasteiger partial charge >= 0.3 is 0 Å². The van der Waals surface area contributed by atoms with Gasteiger partial charge in [-0.25, -0.2) is 9.37 Å². The van der Waals surface area contributed by atoms with E-state index in [2.05, 4.69) is 10.3 Å². The van der Waals surface area contributed by atoms with Gasteiger partial charge in [0.1, 0.15) is 21.6 Å². The van der Waals surface area contributed by atoms with E-state index in [0.717, 1.165) is 22.9 Å². The Labute approximate surface area is 210 Å². The molecule has 3 aromatic rings. The number of nitrogens with one attached hydrogen (secondary N) is 1. The molecule has 2 N–H and O–H groups in total. The third-order valence-electron chi connectivity index (χ3n) is 5.18. The summed E-state index contributed by atoms with van der Waals surface area (Å²) in [5, 5.41) is 12.0. The van der Waals surface area contributed by atoms with Gasteiger partial charge in [0.15, 0.2) is 0 Å². The minimum Gasteiger partial charge on any atom is -0.394 e. The van der Waals surface area contributed by atoms with Crippen LogP contribution in [-0.4, -0.2) is 56.0 Å². The first-order valence-electron chi connectivity index (χ1n) is 10.8. The lowest BCUT2D eigenvalue weighted by molar-refractivity contribution is -0.122. The Hall–Kier alpha value is -3.12. The van der Waals surface area contributed by atoms with E-state index < -0.39 is 0 Å². The number of aliphatic hydroxyl groups excluding tert-OH is 1. The van der Waals surface area contributed by atoms with Crippen molar-refractivity contribution in [2.75, 3.05) is 31.7 Å². The molecule has 0 unspecified atom stereocenters. The number of fused-ring (bicyclic) bond motifs is 1. The predicted molar refractivity (Wildman–Crippen MR) is 138 cm³/mol. The molecule has 1 aliphatic rings. The Kier molecular flexibility index (Phi) is 7.91. The lowest BCUT2D eigenvalue weighted by Gasteiger charge is -2.14. The quantitative estimate of drug-likeness (QED) is 0.256. The van der Waals surface area contributed by atoms with Crippen molar-refractivity contribution in [1.82, 2.24) is 14.3 Å². The summed E-state index contributed by atoms with van der Waals surface area (Å²) >= 11 is 6.51. The van der Waals surface area contributed by atoms with Crippen molar-refractivity contribution in [2.45, 2.75) is 13.5 Å². The molecular formula is C24H23FN4O4S2. The second-order valence-electron chi connectivity index (χ2n) is 7.77. The van der Waals surface area contributed by atoms with Gasteiger partial charge in [0.25, 0.3) is 11.5 Å². The lowest BCUT2D eigenvalue weighted by Crippen LogP contribution is -2.27. The van der Waals surface area contributed by atoms with Crippen molar-refractivity contribution >= 4 is 51.7 Å². The van der Waals surface area contributed by atoms with Gasteiger partial charge in [-0.2, -0.15) is 0 Å². The van der Waals surface area contributed by atoms with Crippen LogP contribution in [0.4, 0.5) is 10.2 Å². The zero-order valence-electron chi connectivity index (χ0n) is 18.9. The largest absolute Gasteiger partial charge is 0.394 e. The maximum Gasteiger partial charge on any atom is 0.267 e. The van der Waals surface area contributed by atoms with Crippen LogP contribution in [-0.2, 0) is 16.1 Å². The molecule has 0 bridgehead atoms. The molecule has 8 nitrogen and oxygen atoms in total. The van der Waals surface area contributed by atoms with Crippen molar-refractivity contribution in [3.63, 3.8) is 0 Å². The number of aromatic nitrogens is 2. The fourth-order valence-corrected chi connectivity index (χ4v) is 4.71. The minimum atomic E-state index is -0.361. The van der Waals surface area contributed by atoms with Gasteiger partial charge in [0, 0.05) is 12.7 Å². The van der Waals surface area contributed by atoms with Gasteiger partial charge in [-0.1, -0.05) is 42.2 Å². The Morgan fingerprint density at radius 2 is 1.97 bits per heavy atom. The van der Waals surface area contributed by atoms with E-state index in [1.54, 1.807) is 24.4 Å². The van der Waals surface area contributed by atoms with Crippen LogP contribution in [0.1, 0.15) is 16.7 Å². The lowest BCUT2D eigenvalue weighted by atomic mass is 10.2. The van der Waals surface area contributed by atoms with Gasteiger partial charge in [-0.3, -0.25) is 18.9 Å².